The summed E-state index contributed by atoms with van der Waals surface area (Å²) >= 11 is 0. The Bertz CT molecular complexity index is 617. The zero-order valence-electron chi connectivity index (χ0n) is 9.96. The van der Waals surface area contributed by atoms with Crippen LogP contribution in [0.5, 0.6) is 0 Å². The average Bonchev–Trinajstić information content (AvgIpc) is 2.46. The van der Waals surface area contributed by atoms with Crippen molar-refractivity contribution >= 4 is 5.71 Å². The van der Waals surface area contributed by atoms with E-state index in [0.29, 0.717) is 5.56 Å². The molecule has 1 rings (SSSR count). The van der Waals surface area contributed by atoms with Crippen molar-refractivity contribution in [3.63, 3.8) is 0 Å². The molecule has 90 valence electrons. The number of hydrogen-bond donors (Lipinski definition) is 1. The third kappa shape index (κ3) is 3.40. The van der Waals surface area contributed by atoms with E-state index in [1.54, 1.807) is 36.4 Å². The summed E-state index contributed by atoms with van der Waals surface area (Å²) in [7, 11) is 0. The molecule has 1 atom stereocenters. The van der Waals surface area contributed by atoms with Crippen molar-refractivity contribution in [2.24, 2.45) is 11.8 Å². The summed E-state index contributed by atoms with van der Waals surface area (Å²) in [4.78, 5) is 0. The highest BCUT2D eigenvalue weighted by atomic mass is 14.5. The van der Waals surface area contributed by atoms with Gasteiger partial charge in [0.25, 0.3) is 0 Å². The monoisotopic (exact) mass is 247 g/mol. The second-order valence-corrected chi connectivity index (χ2v) is 3.84. The molecular formula is C14H9N5. The van der Waals surface area contributed by atoms with Gasteiger partial charge in [0, 0.05) is 0 Å². The van der Waals surface area contributed by atoms with E-state index in [1.165, 1.54) is 0 Å². The van der Waals surface area contributed by atoms with Crippen molar-refractivity contribution in [3.05, 3.63) is 35.4 Å². The highest BCUT2D eigenvalue weighted by molar-refractivity contribution is 5.92. The van der Waals surface area contributed by atoms with Gasteiger partial charge in [-0.3, -0.25) is 0 Å². The van der Waals surface area contributed by atoms with E-state index in [2.05, 4.69) is 0 Å². The second-order valence-electron chi connectivity index (χ2n) is 3.84. The molecule has 0 aliphatic rings. The van der Waals surface area contributed by atoms with E-state index in [0.717, 1.165) is 5.56 Å². The molecule has 0 aliphatic carbocycles. The number of hydrogen-bond acceptors (Lipinski definition) is 5. The van der Waals surface area contributed by atoms with Crippen molar-refractivity contribution in [2.45, 2.75) is 6.42 Å². The van der Waals surface area contributed by atoms with Crippen LogP contribution in [0.4, 0.5) is 0 Å². The van der Waals surface area contributed by atoms with Gasteiger partial charge in [-0.05, 0) is 24.1 Å². The van der Waals surface area contributed by atoms with Gasteiger partial charge < -0.3 is 5.41 Å². The fourth-order valence-corrected chi connectivity index (χ4v) is 1.55. The maximum Gasteiger partial charge on any atom is 0.171 e. The molecule has 1 aromatic rings. The lowest BCUT2D eigenvalue weighted by atomic mass is 9.89. The number of nitrogens with zero attached hydrogens (tertiary/aromatic N) is 4. The van der Waals surface area contributed by atoms with Gasteiger partial charge in [-0.2, -0.15) is 21.0 Å². The lowest BCUT2D eigenvalue weighted by Gasteiger charge is -2.11. The SMILES string of the molecule is N#Cc1ccc(C[C@@H](C#N)C(=N)C(C#N)C#N)cc1. The van der Waals surface area contributed by atoms with E-state index in [1.807, 2.05) is 12.1 Å². The van der Waals surface area contributed by atoms with E-state index in [9.17, 15) is 0 Å². The summed E-state index contributed by atoms with van der Waals surface area (Å²) in [6.07, 6.45) is 0.251. The number of nitriles is 4. The molecule has 1 aromatic carbocycles. The first-order chi connectivity index (χ1) is 9.15. The second kappa shape index (κ2) is 6.55. The standard InChI is InChI=1S/C14H9N5/c15-6-11-3-1-10(2-4-11)5-12(7-16)14(19)13(8-17)9-18/h1-4,12-13,19H,5H2/t12-/m0/s1. The molecule has 1 N–H and O–H groups in total. The van der Waals surface area contributed by atoms with Gasteiger partial charge in [-0.15, -0.1) is 0 Å². The molecule has 5 heteroatoms. The van der Waals surface area contributed by atoms with Crippen LogP contribution in [0.25, 0.3) is 0 Å². The average molecular weight is 247 g/mol. The maximum absolute atomic E-state index is 9.04. The van der Waals surface area contributed by atoms with Crippen molar-refractivity contribution < 1.29 is 0 Å². The van der Waals surface area contributed by atoms with E-state index < -0.39 is 11.8 Å². The summed E-state index contributed by atoms with van der Waals surface area (Å²) in [6, 6.07) is 14.0. The minimum absolute atomic E-state index is 0.183. The Labute approximate surface area is 111 Å². The smallest absolute Gasteiger partial charge is 0.171 e. The zero-order chi connectivity index (χ0) is 14.3. The highest BCUT2D eigenvalue weighted by Gasteiger charge is 2.23. The Morgan fingerprint density at radius 1 is 1.00 bits per heavy atom. The van der Waals surface area contributed by atoms with Crippen molar-refractivity contribution in [1.82, 2.24) is 0 Å². The largest absolute Gasteiger partial charge is 0.306 e. The fourth-order valence-electron chi connectivity index (χ4n) is 1.55. The molecule has 19 heavy (non-hydrogen) atoms. The molecule has 5 nitrogen and oxygen atoms in total. The molecule has 0 unspecified atom stereocenters. The Hall–Kier alpha value is -3.15. The van der Waals surface area contributed by atoms with Gasteiger partial charge in [0.2, 0.25) is 0 Å². The summed E-state index contributed by atoms with van der Waals surface area (Å²) in [5, 5.41) is 42.9. The summed E-state index contributed by atoms with van der Waals surface area (Å²) in [6.45, 7) is 0. The molecule has 0 saturated heterocycles. The molecule has 0 heterocycles. The minimum atomic E-state index is -1.19. The summed E-state index contributed by atoms with van der Waals surface area (Å²) in [5.74, 6) is -2.00. The van der Waals surface area contributed by atoms with Crippen molar-refractivity contribution in [3.8, 4) is 24.3 Å². The maximum atomic E-state index is 9.04. The van der Waals surface area contributed by atoms with E-state index in [-0.39, 0.29) is 12.1 Å². The molecule has 0 saturated carbocycles. The van der Waals surface area contributed by atoms with E-state index >= 15 is 0 Å². The van der Waals surface area contributed by atoms with Gasteiger partial charge in [-0.25, -0.2) is 0 Å². The van der Waals surface area contributed by atoms with Crippen LogP contribution in [-0.4, -0.2) is 5.71 Å². The summed E-state index contributed by atoms with van der Waals surface area (Å²) in [5.41, 5.74) is 1.11. The normalized spacial score (nSPS) is 10.6. The van der Waals surface area contributed by atoms with Crippen LogP contribution in [-0.2, 0) is 6.42 Å². The van der Waals surface area contributed by atoms with E-state index in [4.69, 9.17) is 26.5 Å². The Morgan fingerprint density at radius 2 is 1.58 bits per heavy atom. The van der Waals surface area contributed by atoms with Crippen LogP contribution in [0.15, 0.2) is 24.3 Å². The van der Waals surface area contributed by atoms with Crippen LogP contribution in [0, 0.1) is 62.6 Å². The van der Waals surface area contributed by atoms with Gasteiger partial charge in [0.1, 0.15) is 0 Å². The summed E-state index contributed by atoms with van der Waals surface area (Å²) < 4.78 is 0. The predicted molar refractivity (Wildman–Crippen MR) is 66.4 cm³/mol. The molecule has 0 spiro atoms. The number of nitrogens with one attached hydrogen (secondary N) is 1. The third-order valence-electron chi connectivity index (χ3n) is 2.62. The third-order valence-corrected chi connectivity index (χ3v) is 2.62. The molecular weight excluding hydrogens is 238 g/mol. The van der Waals surface area contributed by atoms with Crippen LogP contribution in [0.1, 0.15) is 11.1 Å². The van der Waals surface area contributed by atoms with Crippen LogP contribution < -0.4 is 0 Å². The van der Waals surface area contributed by atoms with Gasteiger partial charge in [0.05, 0.1) is 41.5 Å². The first-order valence-corrected chi connectivity index (χ1v) is 5.42. The van der Waals surface area contributed by atoms with Crippen LogP contribution >= 0.6 is 0 Å². The van der Waals surface area contributed by atoms with Crippen molar-refractivity contribution in [1.29, 1.82) is 26.5 Å². The highest BCUT2D eigenvalue weighted by Crippen LogP contribution is 2.14. The molecule has 0 bridgehead atoms. The molecule has 0 radical (unpaired) electrons. The Morgan fingerprint density at radius 3 is 2.00 bits per heavy atom. The zero-order valence-corrected chi connectivity index (χ0v) is 9.96. The fraction of sp³-hybridized carbons (Fsp3) is 0.214. The Kier molecular flexibility index (Phi) is 4.80. The molecule has 0 aromatic heterocycles. The molecule has 0 fully saturated rings. The predicted octanol–water partition coefficient (Wildman–Crippen LogP) is 1.92. The first kappa shape index (κ1) is 13.9. The van der Waals surface area contributed by atoms with Crippen molar-refractivity contribution in [2.75, 3.05) is 0 Å². The van der Waals surface area contributed by atoms with Crippen LogP contribution in [0.2, 0.25) is 0 Å². The topological polar surface area (TPSA) is 119 Å². The Balaban J connectivity index is 2.87. The minimum Gasteiger partial charge on any atom is -0.306 e. The number of benzene rings is 1. The van der Waals surface area contributed by atoms with Gasteiger partial charge in [-0.1, -0.05) is 12.1 Å². The lowest BCUT2D eigenvalue weighted by molar-refractivity contribution is 0.822. The molecule has 0 aliphatic heterocycles. The lowest BCUT2D eigenvalue weighted by Crippen LogP contribution is -2.21. The van der Waals surface area contributed by atoms with Gasteiger partial charge >= 0.3 is 0 Å². The first-order valence-electron chi connectivity index (χ1n) is 5.42. The quantitative estimate of drug-likeness (QED) is 0.817. The van der Waals surface area contributed by atoms with Gasteiger partial charge in [0.15, 0.2) is 5.92 Å². The molecule has 0 amide bonds. The van der Waals surface area contributed by atoms with Crippen LogP contribution in [0.3, 0.4) is 0 Å². The number of rotatable bonds is 4.